The van der Waals surface area contributed by atoms with E-state index < -0.39 is 5.91 Å². The second kappa shape index (κ2) is 7.67. The number of nitrogens with zero attached hydrogens (tertiary/aromatic N) is 2. The Hall–Kier alpha value is -3.81. The van der Waals surface area contributed by atoms with Crippen LogP contribution in [0.1, 0.15) is 39.7 Å². The van der Waals surface area contributed by atoms with Gasteiger partial charge >= 0.3 is 0 Å². The summed E-state index contributed by atoms with van der Waals surface area (Å²) in [5, 5.41) is 26.0. The Morgan fingerprint density at radius 2 is 1.69 bits per heavy atom. The Bertz CT molecular complexity index is 1170. The molecule has 0 aliphatic rings. The highest BCUT2D eigenvalue weighted by Gasteiger charge is 2.16. The van der Waals surface area contributed by atoms with Crippen molar-refractivity contribution in [3.8, 4) is 17.2 Å². The fraction of sp³-hybridized carbons (Fsp3) is 0.190. The standard InChI is InChI=1S/C21H22N4O4/c1-11-5-6-16(7-12(11)2)25-21(29)19(14(4)24-25)13(3)22-23-20(28)15-8-17(26)10-18(27)9-15/h5-10,24,26-27H,1-4H3,(H,23,28). The quantitative estimate of drug-likeness (QED) is 0.402. The number of benzene rings is 2. The minimum atomic E-state index is -0.627. The van der Waals surface area contributed by atoms with E-state index in [9.17, 15) is 19.8 Å². The highest BCUT2D eigenvalue weighted by atomic mass is 16.3. The molecule has 0 unspecified atom stereocenters. The van der Waals surface area contributed by atoms with E-state index in [2.05, 4.69) is 15.6 Å². The van der Waals surface area contributed by atoms with Gasteiger partial charge in [-0.15, -0.1) is 0 Å². The van der Waals surface area contributed by atoms with Crippen LogP contribution in [0.15, 0.2) is 46.3 Å². The molecule has 0 aliphatic heterocycles. The Balaban J connectivity index is 1.90. The molecule has 1 amide bonds. The average molecular weight is 394 g/mol. The van der Waals surface area contributed by atoms with Gasteiger partial charge in [0.25, 0.3) is 11.5 Å². The third-order valence-electron chi connectivity index (χ3n) is 4.67. The largest absolute Gasteiger partial charge is 0.508 e. The van der Waals surface area contributed by atoms with Crippen molar-refractivity contribution in [2.75, 3.05) is 0 Å². The molecule has 0 bridgehead atoms. The predicted octanol–water partition coefficient (Wildman–Crippen LogP) is 2.66. The van der Waals surface area contributed by atoms with Crippen molar-refractivity contribution in [1.82, 2.24) is 15.2 Å². The number of hydrogen-bond acceptors (Lipinski definition) is 5. The van der Waals surface area contributed by atoms with Gasteiger partial charge in [-0.1, -0.05) is 6.07 Å². The van der Waals surface area contributed by atoms with Crippen LogP contribution in [0.2, 0.25) is 0 Å². The lowest BCUT2D eigenvalue weighted by Gasteiger charge is -2.05. The number of carbonyl (C=O) groups is 1. The molecule has 1 aromatic heterocycles. The van der Waals surface area contributed by atoms with Crippen LogP contribution >= 0.6 is 0 Å². The van der Waals surface area contributed by atoms with E-state index in [0.29, 0.717) is 22.7 Å². The van der Waals surface area contributed by atoms with Crippen LogP contribution in [-0.4, -0.2) is 31.6 Å². The van der Waals surface area contributed by atoms with E-state index in [4.69, 9.17) is 0 Å². The molecule has 3 aromatic rings. The molecular weight excluding hydrogens is 372 g/mol. The normalized spacial score (nSPS) is 11.5. The molecule has 0 atom stereocenters. The number of H-pyrrole nitrogens is 1. The monoisotopic (exact) mass is 394 g/mol. The molecule has 29 heavy (non-hydrogen) atoms. The van der Waals surface area contributed by atoms with Gasteiger partial charge in [-0.3, -0.25) is 14.7 Å². The maximum absolute atomic E-state index is 12.9. The summed E-state index contributed by atoms with van der Waals surface area (Å²) < 4.78 is 1.44. The first kappa shape index (κ1) is 19.9. The van der Waals surface area contributed by atoms with Crippen LogP contribution in [0.5, 0.6) is 11.5 Å². The van der Waals surface area contributed by atoms with Crippen molar-refractivity contribution in [2.45, 2.75) is 27.7 Å². The molecule has 8 nitrogen and oxygen atoms in total. The number of aromatic hydroxyl groups is 2. The van der Waals surface area contributed by atoms with Crippen molar-refractivity contribution < 1.29 is 15.0 Å². The lowest BCUT2D eigenvalue weighted by Crippen LogP contribution is -2.23. The van der Waals surface area contributed by atoms with E-state index in [-0.39, 0.29) is 22.6 Å². The van der Waals surface area contributed by atoms with Crippen LogP contribution in [0.25, 0.3) is 5.69 Å². The van der Waals surface area contributed by atoms with Crippen LogP contribution in [0.4, 0.5) is 0 Å². The van der Waals surface area contributed by atoms with Crippen LogP contribution in [-0.2, 0) is 0 Å². The molecule has 1 heterocycles. The molecule has 8 heteroatoms. The maximum Gasteiger partial charge on any atom is 0.280 e. The SMILES string of the molecule is CC(=NNC(=O)c1cc(O)cc(O)c1)c1c(C)[nH]n(-c2ccc(C)c(C)c2)c1=O. The molecular formula is C21H22N4O4. The minimum absolute atomic E-state index is 0.0392. The van der Waals surface area contributed by atoms with Crippen LogP contribution in [0.3, 0.4) is 0 Å². The Morgan fingerprint density at radius 3 is 2.31 bits per heavy atom. The van der Waals surface area contributed by atoms with Gasteiger partial charge in [0.2, 0.25) is 0 Å². The minimum Gasteiger partial charge on any atom is -0.508 e. The van der Waals surface area contributed by atoms with Crippen LogP contribution < -0.4 is 11.0 Å². The number of hydrogen-bond donors (Lipinski definition) is 4. The fourth-order valence-electron chi connectivity index (χ4n) is 3.00. The van der Waals surface area contributed by atoms with E-state index in [0.717, 1.165) is 17.2 Å². The summed E-state index contributed by atoms with van der Waals surface area (Å²) in [6.45, 7) is 7.34. The number of hydrazone groups is 1. The highest BCUT2D eigenvalue weighted by molar-refractivity contribution is 6.01. The first-order valence-corrected chi connectivity index (χ1v) is 8.94. The maximum atomic E-state index is 12.9. The van der Waals surface area contributed by atoms with Gasteiger partial charge in [-0.05, 0) is 63.1 Å². The van der Waals surface area contributed by atoms with Crippen molar-refractivity contribution >= 4 is 11.6 Å². The van der Waals surface area contributed by atoms with Gasteiger partial charge in [0.05, 0.1) is 17.0 Å². The summed E-state index contributed by atoms with van der Waals surface area (Å²) in [7, 11) is 0. The fourth-order valence-corrected chi connectivity index (χ4v) is 3.00. The second-order valence-electron chi connectivity index (χ2n) is 6.90. The van der Waals surface area contributed by atoms with Gasteiger partial charge in [0, 0.05) is 17.3 Å². The van der Waals surface area contributed by atoms with E-state index in [1.54, 1.807) is 13.8 Å². The Kier molecular flexibility index (Phi) is 5.27. The number of aromatic amines is 1. The van der Waals surface area contributed by atoms with E-state index in [1.807, 2.05) is 32.0 Å². The molecule has 0 radical (unpaired) electrons. The zero-order valence-corrected chi connectivity index (χ0v) is 16.6. The summed E-state index contributed by atoms with van der Waals surface area (Å²) >= 11 is 0. The molecule has 3 rings (SSSR count). The predicted molar refractivity (Wildman–Crippen MR) is 110 cm³/mol. The lowest BCUT2D eigenvalue weighted by molar-refractivity contribution is 0.0954. The summed E-state index contributed by atoms with van der Waals surface area (Å²) in [6.07, 6.45) is 0. The number of aromatic nitrogens is 2. The van der Waals surface area contributed by atoms with Gasteiger partial charge in [-0.25, -0.2) is 10.1 Å². The number of phenolic OH excluding ortho intramolecular Hbond substituents is 2. The topological polar surface area (TPSA) is 120 Å². The van der Waals surface area contributed by atoms with Gasteiger partial charge < -0.3 is 10.2 Å². The highest BCUT2D eigenvalue weighted by Crippen LogP contribution is 2.20. The second-order valence-corrected chi connectivity index (χ2v) is 6.90. The molecule has 0 fully saturated rings. The van der Waals surface area contributed by atoms with Crippen molar-refractivity contribution in [3.63, 3.8) is 0 Å². The zero-order valence-electron chi connectivity index (χ0n) is 16.6. The molecule has 150 valence electrons. The van der Waals surface area contributed by atoms with Crippen molar-refractivity contribution in [1.29, 1.82) is 0 Å². The lowest BCUT2D eigenvalue weighted by atomic mass is 10.1. The molecule has 0 spiro atoms. The van der Waals surface area contributed by atoms with Crippen molar-refractivity contribution in [2.24, 2.45) is 5.10 Å². The number of carbonyl (C=O) groups excluding carboxylic acids is 1. The third kappa shape index (κ3) is 4.06. The molecule has 0 aliphatic carbocycles. The average Bonchev–Trinajstić information content (AvgIpc) is 2.95. The smallest absolute Gasteiger partial charge is 0.280 e. The van der Waals surface area contributed by atoms with Gasteiger partial charge in [0.1, 0.15) is 11.5 Å². The Morgan fingerprint density at radius 1 is 1.03 bits per heavy atom. The molecule has 4 N–H and O–H groups in total. The first-order valence-electron chi connectivity index (χ1n) is 8.94. The summed E-state index contributed by atoms with van der Waals surface area (Å²) in [4.78, 5) is 25.1. The zero-order chi connectivity index (χ0) is 21.3. The Labute approximate surface area is 167 Å². The number of nitrogens with one attached hydrogen (secondary N) is 2. The van der Waals surface area contributed by atoms with Gasteiger partial charge in [-0.2, -0.15) is 5.10 Å². The number of rotatable bonds is 4. The molecule has 0 saturated carbocycles. The van der Waals surface area contributed by atoms with Crippen molar-refractivity contribution in [3.05, 3.63) is 74.7 Å². The van der Waals surface area contributed by atoms with Gasteiger partial charge in [0.15, 0.2) is 0 Å². The number of phenols is 2. The summed E-state index contributed by atoms with van der Waals surface area (Å²) in [6, 6.07) is 9.23. The van der Waals surface area contributed by atoms with Crippen LogP contribution in [0, 0.1) is 20.8 Å². The molecule has 2 aromatic carbocycles. The van der Waals surface area contributed by atoms with E-state index >= 15 is 0 Å². The summed E-state index contributed by atoms with van der Waals surface area (Å²) in [5.41, 5.74) is 6.28. The molecule has 0 saturated heterocycles. The van der Waals surface area contributed by atoms with E-state index in [1.165, 1.54) is 16.8 Å². The first-order chi connectivity index (χ1) is 13.7. The number of aryl methyl sites for hydroxylation is 3. The number of amides is 1. The third-order valence-corrected chi connectivity index (χ3v) is 4.67. The summed E-state index contributed by atoms with van der Waals surface area (Å²) in [5.74, 6) is -1.11.